The van der Waals surface area contributed by atoms with Crippen LogP contribution in [0.4, 0.5) is 8.78 Å². The molecule has 6 nitrogen and oxygen atoms in total. The molecule has 0 amide bonds. The predicted molar refractivity (Wildman–Crippen MR) is 110 cm³/mol. The Kier molecular flexibility index (Phi) is 10.5. The van der Waals surface area contributed by atoms with E-state index in [0.717, 1.165) is 5.76 Å². The number of guanidine groups is 1. The fourth-order valence-corrected chi connectivity index (χ4v) is 2.26. The summed E-state index contributed by atoms with van der Waals surface area (Å²) in [5, 5.41) is 6.29. The van der Waals surface area contributed by atoms with Crippen LogP contribution in [0, 0.1) is 0 Å². The summed E-state index contributed by atoms with van der Waals surface area (Å²) in [6, 6.07) is 8.50. The van der Waals surface area contributed by atoms with Crippen LogP contribution in [0.3, 0.4) is 0 Å². The number of hydrogen-bond acceptors (Lipinski definition) is 4. The molecule has 0 aliphatic heterocycles. The number of rotatable bonds is 9. The van der Waals surface area contributed by atoms with E-state index in [0.29, 0.717) is 36.8 Å². The molecule has 1 aromatic carbocycles. The van der Waals surface area contributed by atoms with Crippen LogP contribution in [-0.4, -0.2) is 32.8 Å². The van der Waals surface area contributed by atoms with E-state index in [2.05, 4.69) is 20.4 Å². The standard InChI is InChI=1S/C18H23F2N3O3.HI/c1-3-21-18(22-9-8-14-5-4-10-25-14)23-12-13-6-7-15(24-2)11-16(13)26-17(19)20;/h4-7,10-11,17H,3,8-9,12H2,1-2H3,(H2,21,22,23);1H. The number of alkyl halides is 2. The number of aliphatic imine (C=N–C) groups is 1. The van der Waals surface area contributed by atoms with E-state index in [1.54, 1.807) is 18.4 Å². The molecule has 0 saturated carbocycles. The monoisotopic (exact) mass is 495 g/mol. The molecule has 2 aromatic rings. The normalized spacial score (nSPS) is 11.1. The first-order chi connectivity index (χ1) is 12.6. The maximum Gasteiger partial charge on any atom is 0.387 e. The lowest BCUT2D eigenvalue weighted by atomic mass is 10.2. The van der Waals surface area contributed by atoms with Crippen LogP contribution in [-0.2, 0) is 13.0 Å². The summed E-state index contributed by atoms with van der Waals surface area (Å²) in [6.45, 7) is 0.521. The van der Waals surface area contributed by atoms with Gasteiger partial charge in [0.2, 0.25) is 0 Å². The Balaban J connectivity index is 0.00000364. The largest absolute Gasteiger partial charge is 0.497 e. The Morgan fingerprint density at radius 3 is 2.70 bits per heavy atom. The van der Waals surface area contributed by atoms with Gasteiger partial charge >= 0.3 is 6.61 Å². The van der Waals surface area contributed by atoms with Crippen LogP contribution in [0.25, 0.3) is 0 Å². The van der Waals surface area contributed by atoms with Crippen molar-refractivity contribution < 1.29 is 22.7 Å². The third-order valence-electron chi connectivity index (χ3n) is 3.49. The Morgan fingerprint density at radius 2 is 2.07 bits per heavy atom. The van der Waals surface area contributed by atoms with E-state index in [4.69, 9.17) is 9.15 Å². The molecule has 2 rings (SSSR count). The molecule has 1 heterocycles. The highest BCUT2D eigenvalue weighted by molar-refractivity contribution is 14.0. The highest BCUT2D eigenvalue weighted by atomic mass is 127. The van der Waals surface area contributed by atoms with Crippen LogP contribution in [0.2, 0.25) is 0 Å². The molecule has 0 saturated heterocycles. The number of methoxy groups -OCH3 is 1. The molecule has 0 radical (unpaired) electrons. The lowest BCUT2D eigenvalue weighted by Crippen LogP contribution is -2.38. The Morgan fingerprint density at radius 1 is 1.26 bits per heavy atom. The molecule has 0 fully saturated rings. The summed E-state index contributed by atoms with van der Waals surface area (Å²) in [7, 11) is 1.46. The molecule has 0 aliphatic rings. The lowest BCUT2D eigenvalue weighted by Gasteiger charge is -2.13. The fraction of sp³-hybridized carbons (Fsp3) is 0.389. The van der Waals surface area contributed by atoms with Crippen molar-refractivity contribution in [1.29, 1.82) is 0 Å². The van der Waals surface area contributed by atoms with Crippen molar-refractivity contribution in [3.8, 4) is 11.5 Å². The second kappa shape index (κ2) is 12.4. The average Bonchev–Trinajstić information content (AvgIpc) is 3.13. The minimum Gasteiger partial charge on any atom is -0.497 e. The smallest absolute Gasteiger partial charge is 0.387 e. The Hall–Kier alpha value is -2.04. The Labute approximate surface area is 174 Å². The van der Waals surface area contributed by atoms with Crippen molar-refractivity contribution in [2.24, 2.45) is 4.99 Å². The van der Waals surface area contributed by atoms with Gasteiger partial charge in [0.25, 0.3) is 0 Å². The van der Waals surface area contributed by atoms with E-state index in [9.17, 15) is 8.78 Å². The van der Waals surface area contributed by atoms with Crippen LogP contribution in [0.5, 0.6) is 11.5 Å². The topological polar surface area (TPSA) is 68.0 Å². The van der Waals surface area contributed by atoms with Gasteiger partial charge in [0, 0.05) is 31.1 Å². The number of ether oxygens (including phenoxy) is 2. The SMILES string of the molecule is CCNC(=NCc1ccc(OC)cc1OC(F)F)NCCc1ccco1.I. The van der Waals surface area contributed by atoms with Crippen molar-refractivity contribution in [3.05, 3.63) is 47.9 Å². The van der Waals surface area contributed by atoms with Crippen LogP contribution < -0.4 is 20.1 Å². The average molecular weight is 495 g/mol. The minimum absolute atomic E-state index is 0. The molecule has 1 aromatic heterocycles. The molecule has 0 spiro atoms. The van der Waals surface area contributed by atoms with E-state index >= 15 is 0 Å². The summed E-state index contributed by atoms with van der Waals surface area (Å²) in [4.78, 5) is 4.42. The molecule has 27 heavy (non-hydrogen) atoms. The van der Waals surface area contributed by atoms with Crippen molar-refractivity contribution in [3.63, 3.8) is 0 Å². The van der Waals surface area contributed by atoms with Crippen LogP contribution in [0.15, 0.2) is 46.0 Å². The molecular formula is C18H24F2IN3O3. The predicted octanol–water partition coefficient (Wildman–Crippen LogP) is 3.81. The molecule has 150 valence electrons. The van der Waals surface area contributed by atoms with Gasteiger partial charge < -0.3 is 24.5 Å². The van der Waals surface area contributed by atoms with E-state index in [-0.39, 0.29) is 36.3 Å². The first-order valence-corrected chi connectivity index (χ1v) is 8.28. The molecule has 0 bridgehead atoms. The first-order valence-electron chi connectivity index (χ1n) is 8.28. The molecule has 0 aliphatic carbocycles. The van der Waals surface area contributed by atoms with Crippen molar-refractivity contribution >= 4 is 29.9 Å². The Bertz CT molecular complexity index is 697. The summed E-state index contributed by atoms with van der Waals surface area (Å²) in [6.07, 6.45) is 2.34. The highest BCUT2D eigenvalue weighted by Crippen LogP contribution is 2.27. The summed E-state index contributed by atoms with van der Waals surface area (Å²) in [5.41, 5.74) is 0.536. The van der Waals surface area contributed by atoms with Gasteiger partial charge in [-0.3, -0.25) is 0 Å². The summed E-state index contributed by atoms with van der Waals surface area (Å²) < 4.78 is 40.2. The molecule has 9 heteroatoms. The number of hydrogen-bond donors (Lipinski definition) is 2. The van der Waals surface area contributed by atoms with Gasteiger partial charge in [-0.05, 0) is 31.2 Å². The summed E-state index contributed by atoms with van der Waals surface area (Å²) in [5.74, 6) is 1.94. The van der Waals surface area contributed by atoms with E-state index in [1.807, 2.05) is 19.1 Å². The van der Waals surface area contributed by atoms with Gasteiger partial charge in [-0.1, -0.05) is 0 Å². The van der Waals surface area contributed by atoms with Gasteiger partial charge in [-0.25, -0.2) is 4.99 Å². The number of nitrogens with zero attached hydrogens (tertiary/aromatic N) is 1. The lowest BCUT2D eigenvalue weighted by molar-refractivity contribution is -0.0505. The van der Waals surface area contributed by atoms with Crippen LogP contribution in [0.1, 0.15) is 18.2 Å². The van der Waals surface area contributed by atoms with Gasteiger partial charge in [-0.2, -0.15) is 8.78 Å². The third-order valence-corrected chi connectivity index (χ3v) is 3.49. The quantitative estimate of drug-likeness (QED) is 0.315. The number of halogens is 3. The fourth-order valence-electron chi connectivity index (χ4n) is 2.26. The van der Waals surface area contributed by atoms with E-state index < -0.39 is 6.61 Å². The van der Waals surface area contributed by atoms with Gasteiger partial charge in [0.1, 0.15) is 17.3 Å². The zero-order valence-corrected chi connectivity index (χ0v) is 17.5. The van der Waals surface area contributed by atoms with Gasteiger partial charge in [0.15, 0.2) is 5.96 Å². The zero-order valence-electron chi connectivity index (χ0n) is 15.2. The summed E-state index contributed by atoms with van der Waals surface area (Å²) >= 11 is 0. The second-order valence-corrected chi connectivity index (χ2v) is 5.30. The zero-order chi connectivity index (χ0) is 18.8. The molecule has 0 atom stereocenters. The number of furan rings is 1. The molecule has 2 N–H and O–H groups in total. The van der Waals surface area contributed by atoms with Crippen molar-refractivity contribution in [2.75, 3.05) is 20.2 Å². The van der Waals surface area contributed by atoms with Crippen LogP contribution >= 0.6 is 24.0 Å². The minimum atomic E-state index is -2.91. The highest BCUT2D eigenvalue weighted by Gasteiger charge is 2.11. The molecular weight excluding hydrogens is 471 g/mol. The number of nitrogens with one attached hydrogen (secondary N) is 2. The molecule has 0 unspecified atom stereocenters. The third kappa shape index (κ3) is 8.02. The number of benzene rings is 1. The van der Waals surface area contributed by atoms with Crippen molar-refractivity contribution in [1.82, 2.24) is 10.6 Å². The van der Waals surface area contributed by atoms with Gasteiger partial charge in [-0.15, -0.1) is 24.0 Å². The van der Waals surface area contributed by atoms with Gasteiger partial charge in [0.05, 0.1) is 19.9 Å². The maximum atomic E-state index is 12.6. The maximum absolute atomic E-state index is 12.6. The first kappa shape index (κ1) is 23.0. The van der Waals surface area contributed by atoms with Crippen molar-refractivity contribution in [2.45, 2.75) is 26.5 Å². The second-order valence-electron chi connectivity index (χ2n) is 5.30. The van der Waals surface area contributed by atoms with E-state index in [1.165, 1.54) is 13.2 Å².